The number of carboxylic acids is 1. The van der Waals surface area contributed by atoms with Crippen molar-refractivity contribution in [3.05, 3.63) is 102 Å². The Morgan fingerprint density at radius 1 is 0.966 bits per heavy atom. The van der Waals surface area contributed by atoms with Crippen LogP contribution in [0.25, 0.3) is 10.9 Å². The Hall–Kier alpha value is -3.80. The summed E-state index contributed by atoms with van der Waals surface area (Å²) in [4.78, 5) is 10.9. The highest BCUT2D eigenvalue weighted by Crippen LogP contribution is 2.24. The van der Waals surface area contributed by atoms with Crippen LogP contribution < -0.4 is 0 Å². The first-order chi connectivity index (χ1) is 14.1. The molecule has 0 amide bonds. The van der Waals surface area contributed by atoms with Gasteiger partial charge >= 0.3 is 5.97 Å². The first kappa shape index (κ1) is 18.6. The standard InChI is InChI=1S/C23H18FN3O2/c24-19-9-5-16(6-10-19)14-27-15-18(21-3-1-2-4-22(21)27)13-25-26-20-11-7-17(8-12-20)23(28)29/h1-12,15H,13-14H2,(H,28,29). The molecule has 0 aliphatic carbocycles. The van der Waals surface area contributed by atoms with Gasteiger partial charge in [-0.15, -0.1) is 0 Å². The van der Waals surface area contributed by atoms with Gasteiger partial charge in [0.05, 0.1) is 17.8 Å². The predicted octanol–water partition coefficient (Wildman–Crippen LogP) is 5.81. The highest BCUT2D eigenvalue weighted by Gasteiger charge is 2.08. The fourth-order valence-corrected chi connectivity index (χ4v) is 3.23. The van der Waals surface area contributed by atoms with Crippen molar-refractivity contribution < 1.29 is 14.3 Å². The van der Waals surface area contributed by atoms with E-state index in [0.717, 1.165) is 22.0 Å². The summed E-state index contributed by atoms with van der Waals surface area (Å²) in [6.45, 7) is 1.03. The maximum absolute atomic E-state index is 13.2. The molecular weight excluding hydrogens is 369 g/mol. The van der Waals surface area contributed by atoms with E-state index in [4.69, 9.17) is 5.11 Å². The minimum atomic E-state index is -0.970. The van der Waals surface area contributed by atoms with Gasteiger partial charge in [0.1, 0.15) is 5.82 Å². The van der Waals surface area contributed by atoms with Gasteiger partial charge in [-0.1, -0.05) is 30.3 Å². The Morgan fingerprint density at radius 2 is 1.69 bits per heavy atom. The van der Waals surface area contributed by atoms with Crippen molar-refractivity contribution in [2.45, 2.75) is 13.1 Å². The van der Waals surface area contributed by atoms with E-state index in [0.29, 0.717) is 18.8 Å². The molecule has 0 spiro atoms. The third kappa shape index (κ3) is 4.21. The number of aromatic carboxylic acids is 1. The van der Waals surface area contributed by atoms with E-state index >= 15 is 0 Å². The predicted molar refractivity (Wildman–Crippen MR) is 109 cm³/mol. The zero-order valence-electron chi connectivity index (χ0n) is 15.5. The van der Waals surface area contributed by atoms with Crippen LogP contribution in [0.1, 0.15) is 21.5 Å². The van der Waals surface area contributed by atoms with Gasteiger partial charge in [-0.2, -0.15) is 10.2 Å². The number of carbonyl (C=O) groups is 1. The van der Waals surface area contributed by atoms with Crippen LogP contribution in [-0.2, 0) is 13.1 Å². The molecule has 1 N–H and O–H groups in total. The number of rotatable bonds is 6. The lowest BCUT2D eigenvalue weighted by Crippen LogP contribution is -1.97. The summed E-state index contributed by atoms with van der Waals surface area (Å²) in [7, 11) is 0. The topological polar surface area (TPSA) is 66.9 Å². The van der Waals surface area contributed by atoms with Crippen LogP contribution in [0.2, 0.25) is 0 Å². The van der Waals surface area contributed by atoms with Crippen LogP contribution in [-0.4, -0.2) is 15.6 Å². The molecule has 5 nitrogen and oxygen atoms in total. The molecule has 1 heterocycles. The summed E-state index contributed by atoms with van der Waals surface area (Å²) in [5, 5.41) is 18.5. The number of aromatic nitrogens is 1. The molecule has 0 unspecified atom stereocenters. The number of hydrogen-bond donors (Lipinski definition) is 1. The van der Waals surface area contributed by atoms with Crippen LogP contribution in [0.3, 0.4) is 0 Å². The molecule has 1 aromatic heterocycles. The molecule has 0 aliphatic heterocycles. The lowest BCUT2D eigenvalue weighted by Gasteiger charge is -2.05. The fraction of sp³-hybridized carbons (Fsp3) is 0.0870. The average Bonchev–Trinajstić information content (AvgIpc) is 3.08. The lowest BCUT2D eigenvalue weighted by atomic mass is 10.2. The van der Waals surface area contributed by atoms with E-state index in [2.05, 4.69) is 14.8 Å². The summed E-state index contributed by atoms with van der Waals surface area (Å²) in [6, 6.07) is 20.8. The molecule has 0 saturated heterocycles. The molecule has 3 aromatic carbocycles. The van der Waals surface area contributed by atoms with Crippen LogP contribution >= 0.6 is 0 Å². The van der Waals surface area contributed by atoms with Crippen molar-refractivity contribution in [3.63, 3.8) is 0 Å². The van der Waals surface area contributed by atoms with Crippen LogP contribution in [0.5, 0.6) is 0 Å². The lowest BCUT2D eigenvalue weighted by molar-refractivity contribution is 0.0697. The average molecular weight is 387 g/mol. The molecule has 4 aromatic rings. The van der Waals surface area contributed by atoms with Crippen molar-refractivity contribution >= 4 is 22.6 Å². The van der Waals surface area contributed by atoms with Crippen molar-refractivity contribution in [2.75, 3.05) is 0 Å². The van der Waals surface area contributed by atoms with E-state index in [9.17, 15) is 9.18 Å². The highest BCUT2D eigenvalue weighted by molar-refractivity contribution is 5.87. The van der Waals surface area contributed by atoms with E-state index in [1.54, 1.807) is 24.3 Å². The number of benzene rings is 3. The molecule has 144 valence electrons. The first-order valence-corrected chi connectivity index (χ1v) is 9.12. The smallest absolute Gasteiger partial charge is 0.335 e. The summed E-state index contributed by atoms with van der Waals surface area (Å²) in [5.41, 5.74) is 3.94. The second kappa shape index (κ2) is 8.06. The molecule has 0 radical (unpaired) electrons. The first-order valence-electron chi connectivity index (χ1n) is 9.12. The van der Waals surface area contributed by atoms with Gasteiger partial charge in [0.25, 0.3) is 0 Å². The maximum atomic E-state index is 13.2. The molecular formula is C23H18FN3O2. The van der Waals surface area contributed by atoms with E-state index in [1.807, 2.05) is 30.5 Å². The number of carboxylic acid groups (broad SMARTS) is 1. The number of para-hydroxylation sites is 1. The van der Waals surface area contributed by atoms with Gasteiger partial charge < -0.3 is 9.67 Å². The molecule has 0 aliphatic rings. The highest BCUT2D eigenvalue weighted by atomic mass is 19.1. The monoisotopic (exact) mass is 387 g/mol. The third-order valence-corrected chi connectivity index (χ3v) is 4.68. The molecule has 0 saturated carbocycles. The minimum absolute atomic E-state index is 0.216. The Morgan fingerprint density at radius 3 is 2.41 bits per heavy atom. The fourth-order valence-electron chi connectivity index (χ4n) is 3.23. The molecule has 0 fully saturated rings. The van der Waals surface area contributed by atoms with Crippen LogP contribution in [0.4, 0.5) is 10.1 Å². The van der Waals surface area contributed by atoms with Gasteiger partial charge in [-0.05, 0) is 48.0 Å². The van der Waals surface area contributed by atoms with Crippen LogP contribution in [0.15, 0.2) is 89.2 Å². The van der Waals surface area contributed by atoms with Gasteiger partial charge in [0.15, 0.2) is 0 Å². The Balaban J connectivity index is 1.55. The number of hydrogen-bond acceptors (Lipinski definition) is 3. The Labute approximate surface area is 166 Å². The summed E-state index contributed by atoms with van der Waals surface area (Å²) in [5.74, 6) is -1.22. The van der Waals surface area contributed by atoms with Crippen molar-refractivity contribution in [1.82, 2.24) is 4.57 Å². The van der Waals surface area contributed by atoms with Crippen molar-refractivity contribution in [2.24, 2.45) is 10.2 Å². The molecule has 29 heavy (non-hydrogen) atoms. The van der Waals surface area contributed by atoms with Crippen molar-refractivity contribution in [3.8, 4) is 0 Å². The molecule has 0 atom stereocenters. The summed E-state index contributed by atoms with van der Waals surface area (Å²) >= 11 is 0. The zero-order chi connectivity index (χ0) is 20.2. The van der Waals surface area contributed by atoms with Gasteiger partial charge in [0, 0.05) is 29.2 Å². The number of azo groups is 1. The third-order valence-electron chi connectivity index (χ3n) is 4.68. The number of halogens is 1. The second-order valence-corrected chi connectivity index (χ2v) is 6.68. The van der Waals surface area contributed by atoms with Gasteiger partial charge in [-0.3, -0.25) is 0 Å². The quantitative estimate of drug-likeness (QED) is 0.424. The van der Waals surface area contributed by atoms with Crippen LogP contribution in [0, 0.1) is 5.82 Å². The van der Waals surface area contributed by atoms with Gasteiger partial charge in [0.2, 0.25) is 0 Å². The largest absolute Gasteiger partial charge is 0.478 e. The molecule has 0 bridgehead atoms. The van der Waals surface area contributed by atoms with Crippen molar-refractivity contribution in [1.29, 1.82) is 0 Å². The SMILES string of the molecule is O=C(O)c1ccc(N=NCc2cn(Cc3ccc(F)cc3)c3ccccc23)cc1. The number of nitrogens with zero attached hydrogens (tertiary/aromatic N) is 3. The Bertz CT molecular complexity index is 1180. The summed E-state index contributed by atoms with van der Waals surface area (Å²) in [6.07, 6.45) is 2.04. The van der Waals surface area contributed by atoms with Gasteiger partial charge in [-0.25, -0.2) is 9.18 Å². The molecule has 4 rings (SSSR count). The normalized spacial score (nSPS) is 11.3. The second-order valence-electron chi connectivity index (χ2n) is 6.68. The minimum Gasteiger partial charge on any atom is -0.478 e. The van der Waals surface area contributed by atoms with E-state index < -0.39 is 5.97 Å². The maximum Gasteiger partial charge on any atom is 0.335 e. The van der Waals surface area contributed by atoms with E-state index in [1.165, 1.54) is 24.3 Å². The van der Waals surface area contributed by atoms with E-state index in [-0.39, 0.29) is 11.4 Å². The molecule has 6 heteroatoms. The number of fused-ring (bicyclic) bond motifs is 1. The zero-order valence-corrected chi connectivity index (χ0v) is 15.5. The summed E-state index contributed by atoms with van der Waals surface area (Å²) < 4.78 is 15.3. The Kier molecular flexibility index (Phi) is 5.16.